The molecule has 0 saturated heterocycles. The zero-order chi connectivity index (χ0) is 16.3. The van der Waals surface area contributed by atoms with Crippen LogP contribution in [0.1, 0.15) is 44.1 Å². The van der Waals surface area contributed by atoms with Gasteiger partial charge in [0.05, 0.1) is 0 Å². The van der Waals surface area contributed by atoms with E-state index in [4.69, 9.17) is 0 Å². The van der Waals surface area contributed by atoms with Crippen LogP contribution < -0.4 is 10.6 Å². The average molecular weight is 314 g/mol. The lowest BCUT2D eigenvalue weighted by molar-refractivity contribution is -0.129. The lowest BCUT2D eigenvalue weighted by atomic mass is 9.97. The number of allylic oxidation sites excluding steroid dienone is 1. The number of carbonyl (C=O) groups excluding carboxylic acids is 2. The van der Waals surface area contributed by atoms with Crippen LogP contribution in [0.5, 0.6) is 0 Å². The quantitative estimate of drug-likeness (QED) is 0.572. The molecule has 0 unspecified atom stereocenters. The molecule has 23 heavy (non-hydrogen) atoms. The molecule has 1 aromatic carbocycles. The standard InChI is InChI=1S/C19H26N2O2/c22-18(20-13-11-16-7-3-1-4-8-16)15-19(23)21-14-12-17-9-5-2-6-10-17/h1,3-4,7-9H,2,5-6,10-15H2,(H,20,22)(H,21,23). The van der Waals surface area contributed by atoms with Crippen LogP contribution in [-0.2, 0) is 16.0 Å². The lowest BCUT2D eigenvalue weighted by Crippen LogP contribution is -2.33. The molecule has 1 aromatic rings. The van der Waals surface area contributed by atoms with Crippen LogP contribution in [0.15, 0.2) is 42.0 Å². The fraction of sp³-hybridized carbons (Fsp3) is 0.474. The summed E-state index contributed by atoms with van der Waals surface area (Å²) in [5.41, 5.74) is 2.61. The van der Waals surface area contributed by atoms with Crippen molar-refractivity contribution in [1.82, 2.24) is 10.6 Å². The van der Waals surface area contributed by atoms with Crippen molar-refractivity contribution in [2.24, 2.45) is 0 Å². The first-order valence-electron chi connectivity index (χ1n) is 8.49. The molecule has 2 rings (SSSR count). The fourth-order valence-electron chi connectivity index (χ4n) is 2.76. The zero-order valence-electron chi connectivity index (χ0n) is 13.6. The Kier molecular flexibility index (Phi) is 7.37. The van der Waals surface area contributed by atoms with E-state index in [2.05, 4.69) is 16.7 Å². The Labute approximate surface area is 138 Å². The summed E-state index contributed by atoms with van der Waals surface area (Å²) < 4.78 is 0. The van der Waals surface area contributed by atoms with Crippen LogP contribution in [0.2, 0.25) is 0 Å². The lowest BCUT2D eigenvalue weighted by Gasteiger charge is -2.13. The zero-order valence-corrected chi connectivity index (χ0v) is 13.6. The van der Waals surface area contributed by atoms with Crippen LogP contribution in [-0.4, -0.2) is 24.9 Å². The maximum Gasteiger partial charge on any atom is 0.229 e. The minimum Gasteiger partial charge on any atom is -0.355 e. The van der Waals surface area contributed by atoms with Gasteiger partial charge in [0, 0.05) is 13.1 Å². The molecule has 0 saturated carbocycles. The van der Waals surface area contributed by atoms with Crippen LogP contribution in [0.25, 0.3) is 0 Å². The molecule has 1 aliphatic rings. The van der Waals surface area contributed by atoms with Gasteiger partial charge in [-0.05, 0) is 44.1 Å². The van der Waals surface area contributed by atoms with Gasteiger partial charge in [-0.2, -0.15) is 0 Å². The van der Waals surface area contributed by atoms with Crippen LogP contribution in [0, 0.1) is 0 Å². The fourth-order valence-corrected chi connectivity index (χ4v) is 2.76. The summed E-state index contributed by atoms with van der Waals surface area (Å²) in [5.74, 6) is -0.408. The second kappa shape index (κ2) is 9.82. The maximum absolute atomic E-state index is 11.7. The third-order valence-electron chi connectivity index (χ3n) is 4.05. The second-order valence-corrected chi connectivity index (χ2v) is 5.97. The van der Waals surface area contributed by atoms with E-state index in [1.165, 1.54) is 24.0 Å². The van der Waals surface area contributed by atoms with Gasteiger partial charge in [0.15, 0.2) is 0 Å². The highest BCUT2D eigenvalue weighted by molar-refractivity contribution is 5.96. The average Bonchev–Trinajstić information content (AvgIpc) is 2.57. The molecule has 0 radical (unpaired) electrons. The molecule has 0 fully saturated rings. The Hall–Kier alpha value is -2.10. The third-order valence-corrected chi connectivity index (χ3v) is 4.05. The van der Waals surface area contributed by atoms with Crippen molar-refractivity contribution in [2.45, 2.75) is 44.9 Å². The summed E-state index contributed by atoms with van der Waals surface area (Å²) >= 11 is 0. The molecular weight excluding hydrogens is 288 g/mol. The number of nitrogens with one attached hydrogen (secondary N) is 2. The minimum absolute atomic E-state index is 0.0894. The Bertz CT molecular complexity index is 538. The Balaban J connectivity index is 1.55. The van der Waals surface area contributed by atoms with Gasteiger partial charge in [0.25, 0.3) is 0 Å². The van der Waals surface area contributed by atoms with Crippen LogP contribution >= 0.6 is 0 Å². The monoisotopic (exact) mass is 314 g/mol. The van der Waals surface area contributed by atoms with Gasteiger partial charge in [-0.3, -0.25) is 9.59 Å². The Morgan fingerprint density at radius 1 is 0.913 bits per heavy atom. The largest absolute Gasteiger partial charge is 0.355 e. The smallest absolute Gasteiger partial charge is 0.229 e. The highest BCUT2D eigenvalue weighted by atomic mass is 16.2. The molecule has 1 aliphatic carbocycles. The summed E-state index contributed by atoms with van der Waals surface area (Å²) in [5, 5.41) is 5.62. The molecular formula is C19H26N2O2. The van der Waals surface area contributed by atoms with E-state index in [1.807, 2.05) is 30.3 Å². The van der Waals surface area contributed by atoms with Crippen LogP contribution in [0.3, 0.4) is 0 Å². The number of hydrogen-bond donors (Lipinski definition) is 2. The summed E-state index contributed by atoms with van der Waals surface area (Å²) in [6, 6.07) is 9.98. The van der Waals surface area contributed by atoms with E-state index in [-0.39, 0.29) is 18.2 Å². The molecule has 124 valence electrons. The van der Waals surface area contributed by atoms with Crippen molar-refractivity contribution in [3.05, 3.63) is 47.5 Å². The Morgan fingerprint density at radius 2 is 1.61 bits per heavy atom. The van der Waals surface area contributed by atoms with Crippen molar-refractivity contribution in [1.29, 1.82) is 0 Å². The summed E-state index contributed by atoms with van der Waals surface area (Å²) in [6.07, 6.45) is 8.72. The number of rotatable bonds is 8. The van der Waals surface area contributed by atoms with Crippen molar-refractivity contribution < 1.29 is 9.59 Å². The van der Waals surface area contributed by atoms with E-state index < -0.39 is 0 Å². The molecule has 0 aliphatic heterocycles. The van der Waals surface area contributed by atoms with Gasteiger partial charge in [0.2, 0.25) is 11.8 Å². The normalized spacial score (nSPS) is 14.0. The van der Waals surface area contributed by atoms with E-state index in [0.29, 0.717) is 13.1 Å². The third kappa shape index (κ3) is 7.13. The summed E-state index contributed by atoms with van der Waals surface area (Å²) in [7, 11) is 0. The molecule has 4 heteroatoms. The first kappa shape index (κ1) is 17.3. The predicted octanol–water partition coefficient (Wildman–Crippen LogP) is 2.74. The molecule has 0 spiro atoms. The summed E-state index contributed by atoms with van der Waals surface area (Å²) in [4.78, 5) is 23.5. The SMILES string of the molecule is O=C(CC(=O)NCCc1ccccc1)NCCC1=CCCCC1. The first-order chi connectivity index (χ1) is 11.2. The molecule has 4 nitrogen and oxygen atoms in total. The number of benzene rings is 1. The van der Waals surface area contributed by atoms with E-state index >= 15 is 0 Å². The van der Waals surface area contributed by atoms with Crippen LogP contribution in [0.4, 0.5) is 0 Å². The minimum atomic E-state index is -0.213. The second-order valence-electron chi connectivity index (χ2n) is 5.97. The molecule has 0 aromatic heterocycles. The molecule has 0 heterocycles. The number of amides is 2. The van der Waals surface area contributed by atoms with Gasteiger partial charge in [-0.1, -0.05) is 42.0 Å². The van der Waals surface area contributed by atoms with Crippen molar-refractivity contribution >= 4 is 11.8 Å². The molecule has 0 atom stereocenters. The van der Waals surface area contributed by atoms with Crippen molar-refractivity contribution in [3.63, 3.8) is 0 Å². The molecule has 2 N–H and O–H groups in total. The highest BCUT2D eigenvalue weighted by Crippen LogP contribution is 2.19. The van der Waals surface area contributed by atoms with Gasteiger partial charge < -0.3 is 10.6 Å². The van der Waals surface area contributed by atoms with E-state index in [1.54, 1.807) is 0 Å². The molecule has 0 bridgehead atoms. The van der Waals surface area contributed by atoms with Crippen molar-refractivity contribution in [3.8, 4) is 0 Å². The van der Waals surface area contributed by atoms with Gasteiger partial charge in [0.1, 0.15) is 6.42 Å². The van der Waals surface area contributed by atoms with Gasteiger partial charge >= 0.3 is 0 Å². The molecule has 2 amide bonds. The first-order valence-corrected chi connectivity index (χ1v) is 8.49. The van der Waals surface area contributed by atoms with Gasteiger partial charge in [-0.25, -0.2) is 0 Å². The predicted molar refractivity (Wildman–Crippen MR) is 92.0 cm³/mol. The number of hydrogen-bond acceptors (Lipinski definition) is 2. The maximum atomic E-state index is 11.7. The Morgan fingerprint density at radius 3 is 2.26 bits per heavy atom. The van der Waals surface area contributed by atoms with E-state index in [9.17, 15) is 9.59 Å². The topological polar surface area (TPSA) is 58.2 Å². The highest BCUT2D eigenvalue weighted by Gasteiger charge is 2.09. The van der Waals surface area contributed by atoms with E-state index in [0.717, 1.165) is 25.7 Å². The van der Waals surface area contributed by atoms with Gasteiger partial charge in [-0.15, -0.1) is 0 Å². The van der Waals surface area contributed by atoms with Crippen molar-refractivity contribution in [2.75, 3.05) is 13.1 Å². The number of carbonyl (C=O) groups is 2. The summed E-state index contributed by atoms with van der Waals surface area (Å²) in [6.45, 7) is 1.19.